The Balaban J connectivity index is 1.79. The van der Waals surface area contributed by atoms with Crippen molar-refractivity contribution in [2.24, 2.45) is 0 Å². The maximum atomic E-state index is 13.4. The highest BCUT2D eigenvalue weighted by molar-refractivity contribution is 5.95. The number of pyridine rings is 1. The van der Waals surface area contributed by atoms with Gasteiger partial charge in [-0.05, 0) is 54.4 Å². The Bertz CT molecular complexity index is 974. The van der Waals surface area contributed by atoms with E-state index in [0.29, 0.717) is 17.1 Å². The minimum absolute atomic E-state index is 0.180. The summed E-state index contributed by atoms with van der Waals surface area (Å²) in [6.07, 6.45) is 1.59. The zero-order valence-electron chi connectivity index (χ0n) is 15.9. The number of hydrogen-bond acceptors (Lipinski definition) is 4. The van der Waals surface area contributed by atoms with Crippen molar-refractivity contribution in [3.8, 4) is 22.6 Å². The van der Waals surface area contributed by atoms with Crippen molar-refractivity contribution in [1.82, 2.24) is 4.98 Å². The van der Waals surface area contributed by atoms with Crippen molar-refractivity contribution >= 4 is 11.7 Å². The Hall–Kier alpha value is -3.41. The minimum atomic E-state index is -0.378. The molecule has 0 bridgehead atoms. The number of halogens is 1. The third-order valence-electron chi connectivity index (χ3n) is 4.49. The Morgan fingerprint density at radius 3 is 2.46 bits per heavy atom. The summed E-state index contributed by atoms with van der Waals surface area (Å²) < 4.78 is 23.8. The molecule has 144 valence electrons. The molecule has 6 heteroatoms. The number of aromatic nitrogens is 1. The first-order valence-electron chi connectivity index (χ1n) is 8.76. The smallest absolute Gasteiger partial charge is 0.232 e. The Kier molecular flexibility index (Phi) is 5.89. The van der Waals surface area contributed by atoms with Crippen LogP contribution in [0.25, 0.3) is 11.1 Å². The molecule has 3 aromatic rings. The van der Waals surface area contributed by atoms with Crippen molar-refractivity contribution in [3.05, 3.63) is 72.2 Å². The van der Waals surface area contributed by atoms with E-state index < -0.39 is 0 Å². The fourth-order valence-electron chi connectivity index (χ4n) is 2.85. The molecule has 28 heavy (non-hydrogen) atoms. The van der Waals surface area contributed by atoms with Crippen LogP contribution in [-0.4, -0.2) is 25.1 Å². The first-order chi connectivity index (χ1) is 13.5. The number of amides is 1. The number of anilines is 1. The first kappa shape index (κ1) is 19.4. The number of carbonyl (C=O) groups is 1. The lowest BCUT2D eigenvalue weighted by Gasteiger charge is -2.14. The van der Waals surface area contributed by atoms with Gasteiger partial charge in [-0.15, -0.1) is 0 Å². The largest absolute Gasteiger partial charge is 0.497 e. The number of hydrogen-bond donors (Lipinski definition) is 1. The van der Waals surface area contributed by atoms with E-state index in [2.05, 4.69) is 10.3 Å². The normalized spacial score (nSPS) is 11.6. The summed E-state index contributed by atoms with van der Waals surface area (Å²) in [5.74, 6) is 0.636. The van der Waals surface area contributed by atoms with Gasteiger partial charge in [0.2, 0.25) is 5.91 Å². The highest BCUT2D eigenvalue weighted by atomic mass is 19.1. The van der Waals surface area contributed by atoms with Crippen LogP contribution in [0.5, 0.6) is 11.5 Å². The molecule has 0 saturated heterocycles. The van der Waals surface area contributed by atoms with Gasteiger partial charge in [-0.2, -0.15) is 0 Å². The summed E-state index contributed by atoms with van der Waals surface area (Å²) in [6, 6.07) is 15.2. The van der Waals surface area contributed by atoms with E-state index in [1.165, 1.54) is 19.2 Å². The molecule has 3 rings (SSSR count). The molecular weight excluding hydrogens is 359 g/mol. The molecule has 2 aromatic carbocycles. The van der Waals surface area contributed by atoms with E-state index in [1.807, 2.05) is 31.2 Å². The fourth-order valence-corrected chi connectivity index (χ4v) is 2.85. The van der Waals surface area contributed by atoms with Crippen molar-refractivity contribution in [2.45, 2.75) is 12.8 Å². The van der Waals surface area contributed by atoms with Crippen molar-refractivity contribution < 1.29 is 18.7 Å². The SMILES string of the molecule is COc1ccc([C@H](C)C(=O)Nc2cc(-c3ccc(F)cc3OC)ccn2)cc1. The summed E-state index contributed by atoms with van der Waals surface area (Å²) in [6.45, 7) is 1.82. The molecule has 1 aromatic heterocycles. The molecular formula is C22H21FN2O3. The Labute approximate surface area is 163 Å². The van der Waals surface area contributed by atoms with E-state index in [-0.39, 0.29) is 17.6 Å². The van der Waals surface area contributed by atoms with Crippen LogP contribution >= 0.6 is 0 Å². The van der Waals surface area contributed by atoms with E-state index in [4.69, 9.17) is 9.47 Å². The molecule has 0 saturated carbocycles. The monoisotopic (exact) mass is 380 g/mol. The second-order valence-corrected chi connectivity index (χ2v) is 6.26. The summed E-state index contributed by atoms with van der Waals surface area (Å²) >= 11 is 0. The summed E-state index contributed by atoms with van der Waals surface area (Å²) in [5.41, 5.74) is 2.35. The van der Waals surface area contributed by atoms with Crippen LogP contribution < -0.4 is 14.8 Å². The summed E-state index contributed by atoms with van der Waals surface area (Å²) in [5, 5.41) is 2.83. The average Bonchev–Trinajstić information content (AvgIpc) is 2.73. The molecule has 0 aliphatic carbocycles. The topological polar surface area (TPSA) is 60.5 Å². The fraction of sp³-hybridized carbons (Fsp3) is 0.182. The molecule has 0 unspecified atom stereocenters. The second-order valence-electron chi connectivity index (χ2n) is 6.26. The van der Waals surface area contributed by atoms with Gasteiger partial charge >= 0.3 is 0 Å². The maximum absolute atomic E-state index is 13.4. The number of ether oxygens (including phenoxy) is 2. The first-order valence-corrected chi connectivity index (χ1v) is 8.76. The third-order valence-corrected chi connectivity index (χ3v) is 4.49. The standard InChI is InChI=1S/C22H21FN2O3/c1-14(15-4-7-18(27-2)8-5-15)22(26)25-21-12-16(10-11-24-21)19-9-6-17(23)13-20(19)28-3/h4-14H,1-3H3,(H,24,25,26)/t14-/m0/s1. The van der Waals surface area contributed by atoms with Crippen LogP contribution in [-0.2, 0) is 4.79 Å². The molecule has 1 heterocycles. The quantitative estimate of drug-likeness (QED) is 0.676. The van der Waals surface area contributed by atoms with Crippen molar-refractivity contribution in [3.63, 3.8) is 0 Å². The number of nitrogens with zero attached hydrogens (tertiary/aromatic N) is 1. The molecule has 0 fully saturated rings. The second kappa shape index (κ2) is 8.52. The molecule has 1 atom stereocenters. The van der Waals surface area contributed by atoms with Crippen LogP contribution in [0.3, 0.4) is 0 Å². The van der Waals surface area contributed by atoms with Crippen LogP contribution in [0.2, 0.25) is 0 Å². The van der Waals surface area contributed by atoms with Gasteiger partial charge in [0.05, 0.1) is 20.1 Å². The lowest BCUT2D eigenvalue weighted by molar-refractivity contribution is -0.117. The van der Waals surface area contributed by atoms with Gasteiger partial charge in [0.25, 0.3) is 0 Å². The predicted molar refractivity (Wildman–Crippen MR) is 106 cm³/mol. The maximum Gasteiger partial charge on any atom is 0.232 e. The van der Waals surface area contributed by atoms with Crippen molar-refractivity contribution in [1.29, 1.82) is 0 Å². The number of methoxy groups -OCH3 is 2. The predicted octanol–water partition coefficient (Wildman–Crippen LogP) is 4.65. The van der Waals surface area contributed by atoms with Crippen molar-refractivity contribution in [2.75, 3.05) is 19.5 Å². The summed E-state index contributed by atoms with van der Waals surface area (Å²) in [4.78, 5) is 16.8. The lowest BCUT2D eigenvalue weighted by Crippen LogP contribution is -2.19. The number of benzene rings is 2. The van der Waals surface area contributed by atoms with Gasteiger partial charge in [-0.1, -0.05) is 12.1 Å². The lowest BCUT2D eigenvalue weighted by atomic mass is 10.00. The van der Waals surface area contributed by atoms with E-state index in [9.17, 15) is 9.18 Å². The van der Waals surface area contributed by atoms with E-state index in [0.717, 1.165) is 16.9 Å². The number of rotatable bonds is 6. The van der Waals surface area contributed by atoms with E-state index in [1.54, 1.807) is 31.5 Å². The van der Waals surface area contributed by atoms with Gasteiger partial charge in [-0.3, -0.25) is 4.79 Å². The number of nitrogens with one attached hydrogen (secondary N) is 1. The Morgan fingerprint density at radius 1 is 1.04 bits per heavy atom. The van der Waals surface area contributed by atoms with Gasteiger partial charge in [0, 0.05) is 17.8 Å². The Morgan fingerprint density at radius 2 is 1.79 bits per heavy atom. The average molecular weight is 380 g/mol. The van der Waals surface area contributed by atoms with Gasteiger partial charge in [0.1, 0.15) is 23.1 Å². The number of carbonyl (C=O) groups excluding carboxylic acids is 1. The van der Waals surface area contributed by atoms with Gasteiger partial charge in [-0.25, -0.2) is 9.37 Å². The van der Waals surface area contributed by atoms with Gasteiger partial charge < -0.3 is 14.8 Å². The third kappa shape index (κ3) is 4.28. The molecule has 0 radical (unpaired) electrons. The molecule has 0 aliphatic rings. The highest BCUT2D eigenvalue weighted by Gasteiger charge is 2.16. The van der Waals surface area contributed by atoms with Gasteiger partial charge in [0.15, 0.2) is 0 Å². The highest BCUT2D eigenvalue weighted by Crippen LogP contribution is 2.31. The molecule has 1 N–H and O–H groups in total. The molecule has 1 amide bonds. The van der Waals surface area contributed by atoms with Crippen LogP contribution in [0, 0.1) is 5.82 Å². The summed E-state index contributed by atoms with van der Waals surface area (Å²) in [7, 11) is 3.08. The molecule has 0 aliphatic heterocycles. The van der Waals surface area contributed by atoms with Crippen LogP contribution in [0.1, 0.15) is 18.4 Å². The van der Waals surface area contributed by atoms with E-state index >= 15 is 0 Å². The van der Waals surface area contributed by atoms with Crippen LogP contribution in [0.15, 0.2) is 60.8 Å². The molecule has 0 spiro atoms. The zero-order valence-corrected chi connectivity index (χ0v) is 15.9. The zero-order chi connectivity index (χ0) is 20.1. The minimum Gasteiger partial charge on any atom is -0.497 e. The van der Waals surface area contributed by atoms with Crippen LogP contribution in [0.4, 0.5) is 10.2 Å². The molecule has 5 nitrogen and oxygen atoms in total.